The molecule has 0 spiro atoms. The zero-order valence-corrected chi connectivity index (χ0v) is 5.11. The van der Waals surface area contributed by atoms with Crippen molar-refractivity contribution in [3.63, 3.8) is 0 Å². The zero-order chi connectivity index (χ0) is 7.11. The first-order valence-corrected chi connectivity index (χ1v) is 3.02. The lowest BCUT2D eigenvalue weighted by atomic mass is 10.2. The molecule has 0 N–H and O–H groups in total. The van der Waals surface area contributed by atoms with Gasteiger partial charge in [0, 0.05) is 2.74 Å². The van der Waals surface area contributed by atoms with E-state index in [0.717, 1.165) is 12.8 Å². The van der Waals surface area contributed by atoms with Crippen LogP contribution in [-0.2, 0) is 0 Å². The van der Waals surface area contributed by atoms with E-state index in [9.17, 15) is 0 Å². The summed E-state index contributed by atoms with van der Waals surface area (Å²) in [4.78, 5) is 0. The molecule has 1 unspecified atom stereocenters. The summed E-state index contributed by atoms with van der Waals surface area (Å²) in [5.41, 5.74) is 0. The summed E-state index contributed by atoms with van der Waals surface area (Å²) in [6, 6.07) is 0. The average Bonchev–Trinajstić information content (AvgIpc) is 1.89. The van der Waals surface area contributed by atoms with Crippen molar-refractivity contribution in [3.05, 3.63) is 0 Å². The van der Waals surface area contributed by atoms with E-state index in [1.54, 1.807) is 0 Å². The average molecular weight is 102 g/mol. The minimum absolute atomic E-state index is 0.128. The maximum absolute atomic E-state index is 7.21. The van der Waals surface area contributed by atoms with Crippen LogP contribution in [0.5, 0.6) is 0 Å². The first kappa shape index (κ1) is 3.94. The number of rotatable bonds is 4. The molecule has 0 aliphatic carbocycles. The van der Waals surface area contributed by atoms with Gasteiger partial charge in [0.1, 0.15) is 0 Å². The van der Waals surface area contributed by atoms with Crippen LogP contribution < -0.4 is 0 Å². The standard InChI is InChI=1S/C7H16/c1-3-5-7-6-4-2/h3-7H2,1-2H3/i1D,3D. The third kappa shape index (κ3) is 6.00. The van der Waals surface area contributed by atoms with E-state index in [1.807, 2.05) is 0 Å². The predicted octanol–water partition coefficient (Wildman–Crippen LogP) is 2.98. The maximum Gasteiger partial charge on any atom is 0.0264 e. The molecule has 0 heteroatoms. The van der Waals surface area contributed by atoms with E-state index < -0.39 is 0 Å². The Hall–Kier alpha value is 0. The Morgan fingerprint density at radius 1 is 1.43 bits per heavy atom. The van der Waals surface area contributed by atoms with Crippen LogP contribution in [0.2, 0.25) is 0 Å². The molecular weight excluding hydrogens is 84.1 g/mol. The fraction of sp³-hybridized carbons (Fsp3) is 1.00. The van der Waals surface area contributed by atoms with Gasteiger partial charge in [-0.05, 0) is 0 Å². The second kappa shape index (κ2) is 6.00. The summed E-state index contributed by atoms with van der Waals surface area (Å²) in [7, 11) is 0. The first-order valence-electron chi connectivity index (χ1n) is 4.31. The highest BCUT2D eigenvalue weighted by molar-refractivity contribution is 4.35. The fourth-order valence-electron chi connectivity index (χ4n) is 0.539. The van der Waals surface area contributed by atoms with Gasteiger partial charge in [0.25, 0.3) is 0 Å². The second-order valence-electron chi connectivity index (χ2n) is 1.78. The lowest BCUT2D eigenvalue weighted by Crippen LogP contribution is -1.70. The minimum Gasteiger partial charge on any atom is -0.0654 e. The van der Waals surface area contributed by atoms with Crippen LogP contribution in [0, 0.1) is 0 Å². The topological polar surface area (TPSA) is 0 Å². The number of unbranched alkanes of at least 4 members (excludes halogenated alkanes) is 2. The van der Waals surface area contributed by atoms with Gasteiger partial charge in [-0.1, -0.05) is 45.9 Å². The molecule has 0 aliphatic rings. The Morgan fingerprint density at radius 3 is 2.86 bits per heavy atom. The Kier molecular flexibility index (Phi) is 3.38. The first-order chi connectivity index (χ1) is 4.31. The van der Waals surface area contributed by atoms with Crippen molar-refractivity contribution in [2.24, 2.45) is 0 Å². The fourth-order valence-corrected chi connectivity index (χ4v) is 0.539. The van der Waals surface area contributed by atoms with Gasteiger partial charge in [-0.3, -0.25) is 0 Å². The quantitative estimate of drug-likeness (QED) is 0.479. The highest BCUT2D eigenvalue weighted by Crippen LogP contribution is 2.00. The molecule has 0 radical (unpaired) electrons. The summed E-state index contributed by atoms with van der Waals surface area (Å²) < 4.78 is 14.1. The minimum atomic E-state index is -0.128. The second-order valence-corrected chi connectivity index (χ2v) is 1.78. The van der Waals surface area contributed by atoms with E-state index >= 15 is 0 Å². The lowest BCUT2D eigenvalue weighted by molar-refractivity contribution is 0.656. The van der Waals surface area contributed by atoms with Crippen molar-refractivity contribution >= 4 is 0 Å². The van der Waals surface area contributed by atoms with Gasteiger partial charge >= 0.3 is 0 Å². The van der Waals surface area contributed by atoms with Crippen LogP contribution >= 0.6 is 0 Å². The molecule has 0 amide bonds. The predicted molar refractivity (Wildman–Crippen MR) is 34.4 cm³/mol. The molecule has 0 saturated carbocycles. The number of hydrogen-bond donors (Lipinski definition) is 0. The van der Waals surface area contributed by atoms with Gasteiger partial charge in [-0.2, -0.15) is 0 Å². The molecule has 0 fully saturated rings. The molecule has 0 aromatic rings. The molecule has 0 aromatic carbocycles. The third-order valence-corrected chi connectivity index (χ3v) is 1.01. The Balaban J connectivity index is 2.88. The van der Waals surface area contributed by atoms with Gasteiger partial charge < -0.3 is 0 Å². The van der Waals surface area contributed by atoms with Crippen LogP contribution in [0.15, 0.2) is 0 Å². The van der Waals surface area contributed by atoms with Crippen molar-refractivity contribution in [2.75, 3.05) is 0 Å². The third-order valence-electron chi connectivity index (χ3n) is 1.01. The smallest absolute Gasteiger partial charge is 0.0264 e. The molecule has 1 atom stereocenters. The zero-order valence-electron chi connectivity index (χ0n) is 7.11. The molecule has 44 valence electrons. The van der Waals surface area contributed by atoms with Crippen LogP contribution in [-0.4, -0.2) is 0 Å². The summed E-state index contributed by atoms with van der Waals surface area (Å²) in [5.74, 6) is 0. The van der Waals surface area contributed by atoms with Crippen molar-refractivity contribution in [1.82, 2.24) is 0 Å². The van der Waals surface area contributed by atoms with Crippen molar-refractivity contribution in [3.8, 4) is 0 Å². The molecule has 0 nitrogen and oxygen atoms in total. The maximum atomic E-state index is 7.21. The van der Waals surface area contributed by atoms with E-state index in [2.05, 4.69) is 6.92 Å². The Bertz CT molecular complexity index is 54.9. The molecule has 0 saturated heterocycles. The van der Waals surface area contributed by atoms with Crippen molar-refractivity contribution in [2.45, 2.75) is 45.9 Å². The molecule has 0 aliphatic heterocycles. The number of hydrogen-bond acceptors (Lipinski definition) is 0. The Labute approximate surface area is 49.7 Å². The monoisotopic (exact) mass is 102 g/mol. The molecule has 0 bridgehead atoms. The summed E-state index contributed by atoms with van der Waals surface area (Å²) in [6.45, 7) is 2.42. The van der Waals surface area contributed by atoms with Gasteiger partial charge in [0.15, 0.2) is 0 Å². The molecule has 7 heavy (non-hydrogen) atoms. The van der Waals surface area contributed by atoms with Gasteiger partial charge in [-0.15, -0.1) is 0 Å². The highest BCUT2D eigenvalue weighted by atomic mass is 13.9. The van der Waals surface area contributed by atoms with Gasteiger partial charge in [0.05, 0.1) is 0 Å². The Morgan fingerprint density at radius 2 is 2.29 bits per heavy atom. The molecule has 0 aromatic heterocycles. The summed E-state index contributed by atoms with van der Waals surface area (Å²) >= 11 is 0. The van der Waals surface area contributed by atoms with E-state index in [4.69, 9.17) is 2.74 Å². The van der Waals surface area contributed by atoms with Crippen molar-refractivity contribution in [1.29, 1.82) is 0 Å². The SMILES string of the molecule is [2H]CC([2H])CCCCC. The van der Waals surface area contributed by atoms with Crippen LogP contribution in [0.1, 0.15) is 48.6 Å². The summed E-state index contributed by atoms with van der Waals surface area (Å²) in [6.07, 6.45) is 4.35. The van der Waals surface area contributed by atoms with Gasteiger partial charge in [0.2, 0.25) is 0 Å². The van der Waals surface area contributed by atoms with Crippen LogP contribution in [0.25, 0.3) is 0 Å². The normalized spacial score (nSPS) is 17.9. The molecule has 0 rings (SSSR count). The lowest BCUT2D eigenvalue weighted by Gasteiger charge is -1.90. The molecule has 0 heterocycles. The van der Waals surface area contributed by atoms with Crippen LogP contribution in [0.3, 0.4) is 0 Å². The molecular formula is C7H16. The van der Waals surface area contributed by atoms with E-state index in [0.29, 0.717) is 0 Å². The van der Waals surface area contributed by atoms with Crippen molar-refractivity contribution < 1.29 is 2.74 Å². The van der Waals surface area contributed by atoms with E-state index in [-0.39, 0.29) is 13.3 Å². The van der Waals surface area contributed by atoms with E-state index in [1.165, 1.54) is 12.8 Å². The van der Waals surface area contributed by atoms with Crippen LogP contribution in [0.4, 0.5) is 0 Å². The largest absolute Gasteiger partial charge is 0.0654 e. The summed E-state index contributed by atoms with van der Waals surface area (Å²) in [5, 5.41) is 0. The highest BCUT2D eigenvalue weighted by Gasteiger charge is 1.80. The van der Waals surface area contributed by atoms with Gasteiger partial charge in [-0.25, -0.2) is 0 Å².